The predicted octanol–water partition coefficient (Wildman–Crippen LogP) is 1.47. The summed E-state index contributed by atoms with van der Waals surface area (Å²) >= 11 is 0. The third-order valence-electron chi connectivity index (χ3n) is 2.61. The molecule has 0 unspecified atom stereocenters. The lowest BCUT2D eigenvalue weighted by molar-refractivity contribution is 0.391. The van der Waals surface area contributed by atoms with E-state index in [0.717, 1.165) is 29.4 Å². The van der Waals surface area contributed by atoms with Gasteiger partial charge < -0.3 is 15.6 Å². The summed E-state index contributed by atoms with van der Waals surface area (Å²) in [5.74, 6) is 1.62. The fourth-order valence-corrected chi connectivity index (χ4v) is 1.74. The van der Waals surface area contributed by atoms with E-state index in [1.165, 1.54) is 0 Å². The highest BCUT2D eigenvalue weighted by Crippen LogP contribution is 2.22. The fourth-order valence-electron chi connectivity index (χ4n) is 1.74. The molecule has 0 spiro atoms. The van der Waals surface area contributed by atoms with Gasteiger partial charge in [-0.05, 0) is 13.3 Å². The molecule has 0 amide bonds. The van der Waals surface area contributed by atoms with Gasteiger partial charge in [0.15, 0.2) is 0 Å². The van der Waals surface area contributed by atoms with Crippen molar-refractivity contribution < 1.29 is 4.52 Å². The molecule has 0 bridgehead atoms. The highest BCUT2D eigenvalue weighted by molar-refractivity contribution is 5.64. The van der Waals surface area contributed by atoms with Crippen molar-refractivity contribution in [1.29, 1.82) is 0 Å². The van der Waals surface area contributed by atoms with Crippen LogP contribution < -0.4 is 11.1 Å². The van der Waals surface area contributed by atoms with Gasteiger partial charge in [-0.1, -0.05) is 12.1 Å². The van der Waals surface area contributed by atoms with E-state index in [2.05, 4.69) is 15.6 Å². The van der Waals surface area contributed by atoms with Crippen LogP contribution in [-0.4, -0.2) is 14.9 Å². The molecule has 92 valence electrons. The Hall–Kier alpha value is -1.98. The molecule has 0 aliphatic rings. The molecule has 0 saturated carbocycles. The van der Waals surface area contributed by atoms with Crippen molar-refractivity contribution in [1.82, 2.24) is 14.9 Å². The Morgan fingerprint density at radius 3 is 2.82 bits per heavy atom. The summed E-state index contributed by atoms with van der Waals surface area (Å²) in [5.41, 5.74) is 8.46. The molecule has 2 aromatic rings. The molecular formula is C11H17N5O. The minimum atomic E-state index is 0.574. The SMILES string of the molecule is CCc1nn(C)c(NCc2cc(C)on2)c1N. The van der Waals surface area contributed by atoms with E-state index in [-0.39, 0.29) is 0 Å². The molecule has 2 aromatic heterocycles. The molecule has 0 saturated heterocycles. The number of hydrogen-bond donors (Lipinski definition) is 2. The van der Waals surface area contributed by atoms with Gasteiger partial charge in [-0.25, -0.2) is 0 Å². The van der Waals surface area contributed by atoms with Crippen molar-refractivity contribution in [2.45, 2.75) is 26.8 Å². The van der Waals surface area contributed by atoms with Crippen molar-refractivity contribution in [3.8, 4) is 0 Å². The second-order valence-corrected chi connectivity index (χ2v) is 3.97. The normalized spacial score (nSPS) is 10.8. The zero-order valence-electron chi connectivity index (χ0n) is 10.3. The maximum Gasteiger partial charge on any atom is 0.148 e. The third-order valence-corrected chi connectivity index (χ3v) is 2.61. The van der Waals surface area contributed by atoms with Crippen molar-refractivity contribution in [3.05, 3.63) is 23.2 Å². The second-order valence-electron chi connectivity index (χ2n) is 3.97. The first-order chi connectivity index (χ1) is 8.11. The highest BCUT2D eigenvalue weighted by atomic mass is 16.5. The quantitative estimate of drug-likeness (QED) is 0.838. The minimum absolute atomic E-state index is 0.574. The van der Waals surface area contributed by atoms with E-state index < -0.39 is 0 Å². The smallest absolute Gasteiger partial charge is 0.148 e. The number of nitrogens with two attached hydrogens (primary N) is 1. The zero-order chi connectivity index (χ0) is 12.4. The molecule has 6 heteroatoms. The van der Waals surface area contributed by atoms with Gasteiger partial charge in [0.2, 0.25) is 0 Å². The lowest BCUT2D eigenvalue weighted by atomic mass is 10.3. The van der Waals surface area contributed by atoms with Crippen LogP contribution in [0, 0.1) is 6.92 Å². The first kappa shape index (κ1) is 11.5. The number of nitrogens with zero attached hydrogens (tertiary/aromatic N) is 3. The number of aryl methyl sites for hydroxylation is 3. The van der Waals surface area contributed by atoms with Gasteiger partial charge in [0.1, 0.15) is 17.3 Å². The standard InChI is InChI=1S/C11H17N5O/c1-4-9-10(12)11(16(3)14-9)13-6-8-5-7(2)17-15-8/h5,13H,4,6,12H2,1-3H3. The molecule has 0 aliphatic heterocycles. The molecule has 0 aliphatic carbocycles. The summed E-state index contributed by atoms with van der Waals surface area (Å²) in [5, 5.41) is 11.5. The largest absolute Gasteiger partial charge is 0.394 e. The number of anilines is 2. The van der Waals surface area contributed by atoms with Crippen LogP contribution in [0.3, 0.4) is 0 Å². The Labute approximate surface area is 99.8 Å². The minimum Gasteiger partial charge on any atom is -0.394 e. The van der Waals surface area contributed by atoms with E-state index in [1.54, 1.807) is 4.68 Å². The number of rotatable bonds is 4. The monoisotopic (exact) mass is 235 g/mol. The van der Waals surface area contributed by atoms with Crippen molar-refractivity contribution >= 4 is 11.5 Å². The molecule has 0 radical (unpaired) electrons. The average Bonchev–Trinajstić information content (AvgIpc) is 2.82. The Bertz CT molecular complexity index is 514. The van der Waals surface area contributed by atoms with Crippen LogP contribution in [0.1, 0.15) is 24.1 Å². The van der Waals surface area contributed by atoms with Gasteiger partial charge in [0.05, 0.1) is 17.9 Å². The van der Waals surface area contributed by atoms with E-state index in [1.807, 2.05) is 27.0 Å². The summed E-state index contributed by atoms with van der Waals surface area (Å²) in [6, 6.07) is 1.89. The lowest BCUT2D eigenvalue weighted by Crippen LogP contribution is -2.06. The number of nitrogens with one attached hydrogen (secondary N) is 1. The van der Waals surface area contributed by atoms with Crippen LogP contribution in [0.4, 0.5) is 11.5 Å². The lowest BCUT2D eigenvalue weighted by Gasteiger charge is -2.05. The fraction of sp³-hybridized carbons (Fsp3) is 0.455. The van der Waals surface area contributed by atoms with Crippen LogP contribution in [0.5, 0.6) is 0 Å². The first-order valence-corrected chi connectivity index (χ1v) is 5.59. The summed E-state index contributed by atoms with van der Waals surface area (Å²) < 4.78 is 6.75. The van der Waals surface area contributed by atoms with Gasteiger partial charge in [0, 0.05) is 13.1 Å². The maximum absolute atomic E-state index is 5.99. The first-order valence-electron chi connectivity index (χ1n) is 5.59. The van der Waals surface area contributed by atoms with Crippen LogP contribution in [0.25, 0.3) is 0 Å². The molecule has 17 heavy (non-hydrogen) atoms. The molecule has 3 N–H and O–H groups in total. The van der Waals surface area contributed by atoms with E-state index >= 15 is 0 Å². The number of hydrogen-bond acceptors (Lipinski definition) is 5. The highest BCUT2D eigenvalue weighted by Gasteiger charge is 2.11. The van der Waals surface area contributed by atoms with Gasteiger partial charge in [-0.3, -0.25) is 4.68 Å². The van der Waals surface area contributed by atoms with E-state index in [9.17, 15) is 0 Å². The topological polar surface area (TPSA) is 81.9 Å². The van der Waals surface area contributed by atoms with Gasteiger partial charge >= 0.3 is 0 Å². The Morgan fingerprint density at radius 2 is 2.29 bits per heavy atom. The number of aromatic nitrogens is 3. The summed E-state index contributed by atoms with van der Waals surface area (Å²) in [6.07, 6.45) is 0.824. The molecule has 0 atom stereocenters. The van der Waals surface area contributed by atoms with E-state index in [0.29, 0.717) is 12.2 Å². The molecule has 0 aromatic carbocycles. The maximum atomic E-state index is 5.99. The van der Waals surface area contributed by atoms with Crippen molar-refractivity contribution in [2.75, 3.05) is 11.1 Å². The van der Waals surface area contributed by atoms with Crippen LogP contribution >= 0.6 is 0 Å². The average molecular weight is 235 g/mol. The third kappa shape index (κ3) is 2.25. The Balaban J connectivity index is 2.11. The molecule has 2 rings (SSSR count). The van der Waals surface area contributed by atoms with Gasteiger partial charge in [-0.15, -0.1) is 0 Å². The molecule has 0 fully saturated rings. The molecular weight excluding hydrogens is 218 g/mol. The van der Waals surface area contributed by atoms with Gasteiger partial charge in [0.25, 0.3) is 0 Å². The second kappa shape index (κ2) is 4.48. The summed E-state index contributed by atoms with van der Waals surface area (Å²) in [4.78, 5) is 0. The van der Waals surface area contributed by atoms with Gasteiger partial charge in [-0.2, -0.15) is 5.10 Å². The Morgan fingerprint density at radius 1 is 1.53 bits per heavy atom. The van der Waals surface area contributed by atoms with Crippen molar-refractivity contribution in [3.63, 3.8) is 0 Å². The molecule has 6 nitrogen and oxygen atoms in total. The Kier molecular flexibility index (Phi) is 3.03. The van der Waals surface area contributed by atoms with Crippen LogP contribution in [0.15, 0.2) is 10.6 Å². The summed E-state index contributed by atoms with van der Waals surface area (Å²) in [7, 11) is 1.87. The van der Waals surface area contributed by atoms with Crippen LogP contribution in [0.2, 0.25) is 0 Å². The summed E-state index contributed by atoms with van der Waals surface area (Å²) in [6.45, 7) is 4.47. The van der Waals surface area contributed by atoms with Crippen LogP contribution in [-0.2, 0) is 20.0 Å². The predicted molar refractivity (Wildman–Crippen MR) is 65.6 cm³/mol. The van der Waals surface area contributed by atoms with Crippen molar-refractivity contribution in [2.24, 2.45) is 7.05 Å². The number of nitrogen functional groups attached to an aromatic ring is 1. The molecule has 2 heterocycles. The van der Waals surface area contributed by atoms with E-state index in [4.69, 9.17) is 10.3 Å². The zero-order valence-corrected chi connectivity index (χ0v) is 10.3.